The zero-order chi connectivity index (χ0) is 19.8. The second-order valence-electron chi connectivity index (χ2n) is 7.25. The first-order valence-electron chi connectivity index (χ1n) is 8.74. The maximum absolute atomic E-state index is 12.7. The number of carbonyl (C=O) groups excluding carboxylic acids is 1. The molecule has 6 nitrogen and oxygen atoms in total. The minimum atomic E-state index is -1.00. The molecule has 1 aromatic carbocycles. The molecule has 0 aliphatic carbocycles. The molecule has 0 N–H and O–H groups in total. The number of rotatable bonds is 5. The Morgan fingerprint density at radius 3 is 2.37 bits per heavy atom. The van der Waals surface area contributed by atoms with Crippen LogP contribution < -0.4 is 15.0 Å². The van der Waals surface area contributed by atoms with Crippen molar-refractivity contribution in [2.75, 3.05) is 13.1 Å². The van der Waals surface area contributed by atoms with Crippen LogP contribution in [0, 0.1) is 6.92 Å². The van der Waals surface area contributed by atoms with Crippen molar-refractivity contribution >= 4 is 17.5 Å². The maximum Gasteiger partial charge on any atom is 0.266 e. The number of benzene rings is 1. The van der Waals surface area contributed by atoms with Crippen LogP contribution >= 0.6 is 11.6 Å². The Bertz CT molecular complexity index is 899. The van der Waals surface area contributed by atoms with E-state index in [-0.39, 0.29) is 17.6 Å². The summed E-state index contributed by atoms with van der Waals surface area (Å²) in [7, 11) is 1.72. The molecule has 1 aliphatic rings. The third kappa shape index (κ3) is 4.27. The Morgan fingerprint density at radius 2 is 1.78 bits per heavy atom. The number of hydrogen-bond acceptors (Lipinski definition) is 4. The first-order chi connectivity index (χ1) is 12.7. The Balaban J connectivity index is 1.57. The molecular weight excluding hydrogens is 368 g/mol. The number of hydrogen-bond donors (Lipinski definition) is 0. The van der Waals surface area contributed by atoms with Crippen LogP contribution in [-0.2, 0) is 11.8 Å². The summed E-state index contributed by atoms with van der Waals surface area (Å²) in [5.41, 5.74) is -0.296. The number of aryl methyl sites for hydroxylation is 1. The molecule has 2 aromatic rings. The molecule has 1 fully saturated rings. The van der Waals surface area contributed by atoms with Crippen molar-refractivity contribution in [2.24, 2.45) is 7.05 Å². The largest absolute Gasteiger partial charge is 0.486 e. The molecule has 0 radical (unpaired) electrons. The molecule has 1 aliphatic heterocycles. The monoisotopic (exact) mass is 390 g/mol. The summed E-state index contributed by atoms with van der Waals surface area (Å²) in [5, 5.41) is 0.611. The van der Waals surface area contributed by atoms with Crippen LogP contribution in [0.2, 0.25) is 5.02 Å². The van der Waals surface area contributed by atoms with Crippen molar-refractivity contribution < 1.29 is 14.3 Å². The van der Waals surface area contributed by atoms with Gasteiger partial charge >= 0.3 is 0 Å². The van der Waals surface area contributed by atoms with Crippen molar-refractivity contribution in [3.8, 4) is 11.5 Å². The second kappa shape index (κ2) is 7.27. The van der Waals surface area contributed by atoms with E-state index in [9.17, 15) is 9.59 Å². The van der Waals surface area contributed by atoms with Gasteiger partial charge in [0.1, 0.15) is 17.6 Å². The van der Waals surface area contributed by atoms with Gasteiger partial charge in [0.15, 0.2) is 5.60 Å². The zero-order valence-corrected chi connectivity index (χ0v) is 16.6. The number of nitrogens with zero attached hydrogens (tertiary/aromatic N) is 2. The molecule has 1 aromatic heterocycles. The lowest BCUT2D eigenvalue weighted by atomic mass is 10.0. The fourth-order valence-corrected chi connectivity index (χ4v) is 3.02. The van der Waals surface area contributed by atoms with E-state index in [1.807, 2.05) is 13.0 Å². The highest BCUT2D eigenvalue weighted by Crippen LogP contribution is 2.25. The Kier molecular flexibility index (Phi) is 5.20. The molecule has 0 unspecified atom stereocenters. The molecule has 0 saturated carbocycles. The van der Waals surface area contributed by atoms with Gasteiger partial charge in [0.2, 0.25) is 0 Å². The summed E-state index contributed by atoms with van der Waals surface area (Å²) < 4.78 is 13.2. The molecule has 2 heterocycles. The minimum absolute atomic E-state index is 0.113. The molecule has 0 spiro atoms. The van der Waals surface area contributed by atoms with Gasteiger partial charge in [-0.2, -0.15) is 0 Å². The van der Waals surface area contributed by atoms with Gasteiger partial charge in [-0.05, 0) is 51.1 Å². The molecular formula is C20H23ClN2O4. The lowest BCUT2D eigenvalue weighted by Gasteiger charge is -2.42. The fourth-order valence-electron chi connectivity index (χ4n) is 2.90. The predicted octanol–water partition coefficient (Wildman–Crippen LogP) is 2.79. The summed E-state index contributed by atoms with van der Waals surface area (Å²) in [6.07, 6.45) is -0.133. The fraction of sp³-hybridized carbons (Fsp3) is 0.400. The van der Waals surface area contributed by atoms with Crippen LogP contribution in [0.3, 0.4) is 0 Å². The highest BCUT2D eigenvalue weighted by Gasteiger charge is 2.41. The van der Waals surface area contributed by atoms with E-state index in [0.29, 0.717) is 29.6 Å². The molecule has 144 valence electrons. The van der Waals surface area contributed by atoms with Gasteiger partial charge in [-0.25, -0.2) is 0 Å². The zero-order valence-electron chi connectivity index (χ0n) is 15.9. The SMILES string of the molecule is Cc1cc(OC2CN(C(=O)C(C)(C)Oc3ccc(Cl)cc3)C2)cc(=O)n1C. The average molecular weight is 391 g/mol. The van der Waals surface area contributed by atoms with Crippen LogP contribution in [0.15, 0.2) is 41.2 Å². The molecule has 27 heavy (non-hydrogen) atoms. The lowest BCUT2D eigenvalue weighted by molar-refractivity contribution is -0.154. The van der Waals surface area contributed by atoms with Gasteiger partial charge in [0.25, 0.3) is 11.5 Å². The number of pyridine rings is 1. The van der Waals surface area contributed by atoms with Gasteiger partial charge in [0, 0.05) is 23.8 Å². The third-order valence-electron chi connectivity index (χ3n) is 4.62. The Labute approximate surface area is 163 Å². The van der Waals surface area contributed by atoms with Gasteiger partial charge in [-0.15, -0.1) is 0 Å². The number of ether oxygens (including phenoxy) is 2. The first kappa shape index (κ1) is 19.3. The minimum Gasteiger partial charge on any atom is -0.486 e. The van der Waals surface area contributed by atoms with Crippen molar-refractivity contribution in [3.63, 3.8) is 0 Å². The second-order valence-corrected chi connectivity index (χ2v) is 7.68. The standard InChI is InChI=1S/C20H23ClN2O4/c1-13-9-16(10-18(24)22(13)4)26-17-11-23(12-17)19(25)20(2,3)27-15-7-5-14(21)6-8-15/h5-10,17H,11-12H2,1-4H3. The Morgan fingerprint density at radius 1 is 1.15 bits per heavy atom. The molecule has 7 heteroatoms. The third-order valence-corrected chi connectivity index (χ3v) is 4.87. The maximum atomic E-state index is 12.7. The summed E-state index contributed by atoms with van der Waals surface area (Å²) in [6.45, 7) is 6.24. The normalized spacial score (nSPS) is 14.6. The smallest absolute Gasteiger partial charge is 0.266 e. The average Bonchev–Trinajstić information content (AvgIpc) is 2.56. The van der Waals surface area contributed by atoms with Gasteiger partial charge in [0.05, 0.1) is 13.1 Å². The summed E-state index contributed by atoms with van der Waals surface area (Å²) in [6, 6.07) is 10.2. The van der Waals surface area contributed by atoms with Gasteiger partial charge in [-0.1, -0.05) is 11.6 Å². The van der Waals surface area contributed by atoms with E-state index < -0.39 is 5.60 Å². The molecule has 1 saturated heterocycles. The molecule has 0 bridgehead atoms. The van der Waals surface area contributed by atoms with Gasteiger partial charge in [-0.3, -0.25) is 9.59 Å². The number of halogens is 1. The van der Waals surface area contributed by atoms with Crippen molar-refractivity contribution in [3.05, 3.63) is 57.5 Å². The first-order valence-corrected chi connectivity index (χ1v) is 9.12. The van der Waals surface area contributed by atoms with E-state index >= 15 is 0 Å². The van der Waals surface area contributed by atoms with E-state index in [0.717, 1.165) is 5.69 Å². The lowest BCUT2D eigenvalue weighted by Crippen LogP contribution is -2.61. The number of amides is 1. The highest BCUT2D eigenvalue weighted by atomic mass is 35.5. The van der Waals surface area contributed by atoms with Crippen molar-refractivity contribution in [1.29, 1.82) is 0 Å². The van der Waals surface area contributed by atoms with Crippen molar-refractivity contribution in [1.82, 2.24) is 9.47 Å². The van der Waals surface area contributed by atoms with Gasteiger partial charge < -0.3 is 18.9 Å². The quantitative estimate of drug-likeness (QED) is 0.787. The van der Waals surface area contributed by atoms with E-state index in [1.54, 1.807) is 54.6 Å². The van der Waals surface area contributed by atoms with E-state index in [1.165, 1.54) is 6.07 Å². The molecule has 1 amide bonds. The van der Waals surface area contributed by atoms with E-state index in [4.69, 9.17) is 21.1 Å². The van der Waals surface area contributed by atoms with Crippen LogP contribution in [0.25, 0.3) is 0 Å². The predicted molar refractivity (Wildman–Crippen MR) is 104 cm³/mol. The molecule has 3 rings (SSSR count). The van der Waals surface area contributed by atoms with Crippen molar-refractivity contribution in [2.45, 2.75) is 32.5 Å². The topological polar surface area (TPSA) is 60.8 Å². The highest BCUT2D eigenvalue weighted by molar-refractivity contribution is 6.30. The summed E-state index contributed by atoms with van der Waals surface area (Å²) in [5.74, 6) is 1.00. The van der Waals surface area contributed by atoms with Crippen LogP contribution in [0.1, 0.15) is 19.5 Å². The van der Waals surface area contributed by atoms with Crippen LogP contribution in [0.4, 0.5) is 0 Å². The van der Waals surface area contributed by atoms with Crippen LogP contribution in [-0.4, -0.2) is 40.2 Å². The summed E-state index contributed by atoms with van der Waals surface area (Å²) in [4.78, 5) is 26.3. The Hall–Kier alpha value is -2.47. The number of likely N-dealkylation sites (tertiary alicyclic amines) is 1. The summed E-state index contributed by atoms with van der Waals surface area (Å²) >= 11 is 5.87. The molecule has 0 atom stereocenters. The van der Waals surface area contributed by atoms with E-state index in [2.05, 4.69) is 0 Å². The number of carbonyl (C=O) groups is 1. The number of aromatic nitrogens is 1. The van der Waals surface area contributed by atoms with Crippen LogP contribution in [0.5, 0.6) is 11.5 Å².